The van der Waals surface area contributed by atoms with Crippen LogP contribution in [-0.4, -0.2) is 26.4 Å². The van der Waals surface area contributed by atoms with Crippen LogP contribution in [0.3, 0.4) is 0 Å². The van der Waals surface area contributed by atoms with Gasteiger partial charge in [-0.3, -0.25) is 0 Å². The average Bonchev–Trinajstić information content (AvgIpc) is 2.27. The van der Waals surface area contributed by atoms with Crippen LogP contribution in [0.1, 0.15) is 60.3 Å². The quantitative estimate of drug-likeness (QED) is 0.479. The van der Waals surface area contributed by atoms with Crippen molar-refractivity contribution in [2.24, 2.45) is 17.8 Å². The Morgan fingerprint density at radius 3 is 1.39 bits per heavy atom. The molecular weight excluding hydrogens is 224 g/mol. The Labute approximate surface area is 114 Å². The molecule has 0 aromatic rings. The first kappa shape index (κ1) is 17.9. The first-order valence-corrected chi connectivity index (χ1v) is 7.67. The fourth-order valence-electron chi connectivity index (χ4n) is 1.85. The van der Waals surface area contributed by atoms with Gasteiger partial charge in [0.05, 0.1) is 0 Å². The third kappa shape index (κ3) is 14.0. The van der Waals surface area contributed by atoms with Gasteiger partial charge in [-0.1, -0.05) is 34.6 Å². The molecule has 0 rings (SSSR count). The molecule has 18 heavy (non-hydrogen) atoms. The van der Waals surface area contributed by atoms with E-state index in [1.165, 1.54) is 25.7 Å². The topological polar surface area (TPSA) is 18.5 Å². The first-order valence-electron chi connectivity index (χ1n) is 7.67. The summed E-state index contributed by atoms with van der Waals surface area (Å²) in [6.07, 6.45) is 4.95. The van der Waals surface area contributed by atoms with Gasteiger partial charge in [-0.2, -0.15) is 0 Å². The SMILES string of the molecule is CC(C)COCCCC(C)CCCOCC(C)C. The van der Waals surface area contributed by atoms with E-state index >= 15 is 0 Å². The van der Waals surface area contributed by atoms with Crippen LogP contribution in [0.2, 0.25) is 0 Å². The lowest BCUT2D eigenvalue weighted by atomic mass is 10.0. The summed E-state index contributed by atoms with van der Waals surface area (Å²) in [6, 6.07) is 0. The largest absolute Gasteiger partial charge is 0.381 e. The van der Waals surface area contributed by atoms with Crippen LogP contribution in [0, 0.1) is 17.8 Å². The van der Waals surface area contributed by atoms with Gasteiger partial charge < -0.3 is 9.47 Å². The predicted octanol–water partition coefficient (Wildman–Crippen LogP) is 4.53. The Balaban J connectivity index is 3.19. The van der Waals surface area contributed by atoms with E-state index in [-0.39, 0.29) is 0 Å². The summed E-state index contributed by atoms with van der Waals surface area (Å²) in [5, 5.41) is 0. The predicted molar refractivity (Wildman–Crippen MR) is 78.9 cm³/mol. The fraction of sp³-hybridized carbons (Fsp3) is 1.00. The zero-order chi connectivity index (χ0) is 13.8. The molecule has 0 heterocycles. The average molecular weight is 258 g/mol. The molecule has 2 nitrogen and oxygen atoms in total. The second-order valence-corrected chi connectivity index (χ2v) is 6.33. The molecule has 0 aromatic carbocycles. The molecule has 0 saturated carbocycles. The monoisotopic (exact) mass is 258 g/mol. The second-order valence-electron chi connectivity index (χ2n) is 6.33. The highest BCUT2D eigenvalue weighted by Crippen LogP contribution is 2.13. The van der Waals surface area contributed by atoms with E-state index in [9.17, 15) is 0 Å². The van der Waals surface area contributed by atoms with Crippen LogP contribution in [-0.2, 0) is 9.47 Å². The lowest BCUT2D eigenvalue weighted by molar-refractivity contribution is 0.0977. The molecule has 0 aliphatic heterocycles. The normalized spacial score (nSPS) is 12.0. The van der Waals surface area contributed by atoms with Crippen molar-refractivity contribution in [1.82, 2.24) is 0 Å². The Morgan fingerprint density at radius 2 is 1.06 bits per heavy atom. The van der Waals surface area contributed by atoms with Crippen molar-refractivity contribution in [1.29, 1.82) is 0 Å². The second kappa shape index (κ2) is 12.0. The fourth-order valence-corrected chi connectivity index (χ4v) is 1.85. The van der Waals surface area contributed by atoms with Gasteiger partial charge in [0, 0.05) is 26.4 Å². The van der Waals surface area contributed by atoms with Crippen molar-refractivity contribution in [3.8, 4) is 0 Å². The van der Waals surface area contributed by atoms with E-state index in [1.807, 2.05) is 0 Å². The zero-order valence-electron chi connectivity index (χ0n) is 13.2. The summed E-state index contributed by atoms with van der Waals surface area (Å²) in [6.45, 7) is 14.8. The molecule has 0 unspecified atom stereocenters. The maximum atomic E-state index is 5.59. The molecule has 0 bridgehead atoms. The number of ether oxygens (including phenoxy) is 2. The van der Waals surface area contributed by atoms with Crippen LogP contribution in [0.25, 0.3) is 0 Å². The van der Waals surface area contributed by atoms with E-state index in [0.717, 1.165) is 32.3 Å². The maximum Gasteiger partial charge on any atom is 0.0488 e. The summed E-state index contributed by atoms with van der Waals surface area (Å²) in [7, 11) is 0. The molecule has 0 amide bonds. The number of hydrogen-bond acceptors (Lipinski definition) is 2. The van der Waals surface area contributed by atoms with Crippen LogP contribution in [0.15, 0.2) is 0 Å². The first-order chi connectivity index (χ1) is 8.52. The smallest absolute Gasteiger partial charge is 0.0488 e. The van der Waals surface area contributed by atoms with Gasteiger partial charge in [0.15, 0.2) is 0 Å². The highest BCUT2D eigenvalue weighted by Gasteiger charge is 2.03. The number of rotatable bonds is 12. The van der Waals surface area contributed by atoms with Crippen molar-refractivity contribution in [3.63, 3.8) is 0 Å². The van der Waals surface area contributed by atoms with Gasteiger partial charge in [-0.15, -0.1) is 0 Å². The summed E-state index contributed by atoms with van der Waals surface area (Å²) < 4.78 is 11.2. The standard InChI is InChI=1S/C16H34O2/c1-14(2)12-17-10-6-8-16(5)9-7-11-18-13-15(3)4/h14-16H,6-13H2,1-5H3. The summed E-state index contributed by atoms with van der Waals surface area (Å²) in [5.74, 6) is 2.11. The van der Waals surface area contributed by atoms with E-state index in [2.05, 4.69) is 34.6 Å². The van der Waals surface area contributed by atoms with Gasteiger partial charge >= 0.3 is 0 Å². The molecule has 2 heteroatoms. The molecule has 0 aliphatic rings. The minimum absolute atomic E-state index is 0.653. The van der Waals surface area contributed by atoms with Crippen LogP contribution in [0.4, 0.5) is 0 Å². The molecule has 0 N–H and O–H groups in total. The molecule has 0 aromatic heterocycles. The van der Waals surface area contributed by atoms with Gasteiger partial charge in [0.2, 0.25) is 0 Å². The van der Waals surface area contributed by atoms with Crippen molar-refractivity contribution in [2.75, 3.05) is 26.4 Å². The van der Waals surface area contributed by atoms with Gasteiger partial charge in [-0.05, 0) is 43.4 Å². The van der Waals surface area contributed by atoms with Gasteiger partial charge in [0.1, 0.15) is 0 Å². The summed E-state index contributed by atoms with van der Waals surface area (Å²) in [4.78, 5) is 0. The van der Waals surface area contributed by atoms with Gasteiger partial charge in [0.25, 0.3) is 0 Å². The molecular formula is C16H34O2. The summed E-state index contributed by atoms with van der Waals surface area (Å²) >= 11 is 0. The van der Waals surface area contributed by atoms with E-state index in [0.29, 0.717) is 11.8 Å². The molecule has 0 atom stereocenters. The van der Waals surface area contributed by atoms with Crippen molar-refractivity contribution in [2.45, 2.75) is 60.3 Å². The molecule has 0 saturated heterocycles. The van der Waals surface area contributed by atoms with Crippen molar-refractivity contribution < 1.29 is 9.47 Å². The minimum Gasteiger partial charge on any atom is -0.381 e. The van der Waals surface area contributed by atoms with Crippen LogP contribution in [0.5, 0.6) is 0 Å². The highest BCUT2D eigenvalue weighted by atomic mass is 16.5. The molecule has 0 radical (unpaired) electrons. The van der Waals surface area contributed by atoms with Crippen molar-refractivity contribution in [3.05, 3.63) is 0 Å². The molecule has 0 aliphatic carbocycles. The van der Waals surface area contributed by atoms with Crippen LogP contribution < -0.4 is 0 Å². The Morgan fingerprint density at radius 1 is 0.667 bits per heavy atom. The third-order valence-corrected chi connectivity index (χ3v) is 2.87. The van der Waals surface area contributed by atoms with Crippen LogP contribution >= 0.6 is 0 Å². The lowest BCUT2D eigenvalue weighted by Gasteiger charge is -2.12. The van der Waals surface area contributed by atoms with E-state index < -0.39 is 0 Å². The lowest BCUT2D eigenvalue weighted by Crippen LogP contribution is -2.06. The third-order valence-electron chi connectivity index (χ3n) is 2.87. The van der Waals surface area contributed by atoms with Crippen molar-refractivity contribution >= 4 is 0 Å². The summed E-state index contributed by atoms with van der Waals surface area (Å²) in [5.41, 5.74) is 0. The molecule has 0 spiro atoms. The zero-order valence-corrected chi connectivity index (χ0v) is 13.2. The Bertz CT molecular complexity index is 148. The minimum atomic E-state index is 0.653. The molecule has 0 fully saturated rings. The Hall–Kier alpha value is -0.0800. The number of hydrogen-bond donors (Lipinski definition) is 0. The maximum absolute atomic E-state index is 5.59. The molecule has 110 valence electrons. The highest BCUT2D eigenvalue weighted by molar-refractivity contribution is 4.54. The van der Waals surface area contributed by atoms with E-state index in [1.54, 1.807) is 0 Å². The van der Waals surface area contributed by atoms with Gasteiger partial charge in [-0.25, -0.2) is 0 Å². The Kier molecular flexibility index (Phi) is 11.9. The van der Waals surface area contributed by atoms with E-state index in [4.69, 9.17) is 9.47 Å².